The number of benzene rings is 1. The van der Waals surface area contributed by atoms with E-state index >= 15 is 0 Å². The molecule has 0 spiro atoms. The Hall–Kier alpha value is -3.62. The van der Waals surface area contributed by atoms with Gasteiger partial charge in [-0.05, 0) is 37.1 Å². The molecule has 9 nitrogen and oxygen atoms in total. The van der Waals surface area contributed by atoms with Gasteiger partial charge in [-0.2, -0.15) is 0 Å². The minimum Gasteiger partial charge on any atom is -0.495 e. The van der Waals surface area contributed by atoms with E-state index < -0.39 is 5.97 Å². The zero-order chi connectivity index (χ0) is 21.5. The predicted octanol–water partition coefficient (Wildman–Crippen LogP) is 1.71. The molecule has 0 saturated carbocycles. The molecule has 1 aliphatic heterocycles. The highest BCUT2D eigenvalue weighted by Gasteiger charge is 2.26. The summed E-state index contributed by atoms with van der Waals surface area (Å²) >= 11 is 0. The van der Waals surface area contributed by atoms with Crippen LogP contribution in [0.3, 0.4) is 0 Å². The lowest BCUT2D eigenvalue weighted by Crippen LogP contribution is -2.43. The van der Waals surface area contributed by atoms with E-state index in [1.807, 2.05) is 12.1 Å². The third-order valence-electron chi connectivity index (χ3n) is 4.96. The molecule has 2 amide bonds. The fraction of sp³-hybridized carbons (Fsp3) is 0.333. The van der Waals surface area contributed by atoms with Crippen molar-refractivity contribution in [3.05, 3.63) is 48.2 Å². The van der Waals surface area contributed by atoms with Gasteiger partial charge < -0.3 is 25.4 Å². The van der Waals surface area contributed by atoms with E-state index in [0.717, 1.165) is 0 Å². The number of likely N-dealkylation sites (tertiary alicyclic amines) is 1. The van der Waals surface area contributed by atoms with Gasteiger partial charge in [0.25, 0.3) is 5.91 Å². The smallest absolute Gasteiger partial charge is 0.342 e. The van der Waals surface area contributed by atoms with Gasteiger partial charge in [0.1, 0.15) is 17.1 Å². The quantitative estimate of drug-likeness (QED) is 0.664. The van der Waals surface area contributed by atoms with Gasteiger partial charge in [-0.1, -0.05) is 12.1 Å². The number of primary amides is 1. The van der Waals surface area contributed by atoms with Crippen molar-refractivity contribution in [3.8, 4) is 5.75 Å². The second-order valence-electron chi connectivity index (χ2n) is 6.86. The van der Waals surface area contributed by atoms with Crippen molar-refractivity contribution in [1.82, 2.24) is 9.88 Å². The monoisotopic (exact) mass is 412 g/mol. The van der Waals surface area contributed by atoms with Crippen LogP contribution >= 0.6 is 0 Å². The molecule has 1 aliphatic rings. The normalized spacial score (nSPS) is 14.1. The molecule has 1 aromatic carbocycles. The molecule has 0 unspecified atom stereocenters. The van der Waals surface area contributed by atoms with Gasteiger partial charge in [0.15, 0.2) is 6.61 Å². The van der Waals surface area contributed by atoms with E-state index in [0.29, 0.717) is 43.2 Å². The SMILES string of the molecule is COc1ccccc1Nc1ncccc1C(=O)OCC(=O)N1CCC(C(N)=O)CC1. The first-order valence-corrected chi connectivity index (χ1v) is 9.59. The van der Waals surface area contributed by atoms with Gasteiger partial charge in [0.05, 0.1) is 12.8 Å². The molecule has 2 heterocycles. The van der Waals surface area contributed by atoms with Crippen LogP contribution in [0.4, 0.5) is 11.5 Å². The number of hydrogen-bond acceptors (Lipinski definition) is 7. The van der Waals surface area contributed by atoms with Crippen LogP contribution in [-0.4, -0.2) is 54.5 Å². The lowest BCUT2D eigenvalue weighted by Gasteiger charge is -2.30. The molecule has 158 valence electrons. The molecule has 1 fully saturated rings. The van der Waals surface area contributed by atoms with Crippen molar-refractivity contribution >= 4 is 29.3 Å². The number of rotatable bonds is 7. The first kappa shape index (κ1) is 21.1. The van der Waals surface area contributed by atoms with Crippen LogP contribution in [0.5, 0.6) is 5.75 Å². The molecule has 2 aromatic rings. The summed E-state index contributed by atoms with van der Waals surface area (Å²) in [6, 6.07) is 10.4. The van der Waals surface area contributed by atoms with E-state index in [-0.39, 0.29) is 29.9 Å². The third kappa shape index (κ3) is 5.05. The number of piperidine rings is 1. The van der Waals surface area contributed by atoms with Crippen molar-refractivity contribution in [2.75, 3.05) is 32.1 Å². The number of amides is 2. The Morgan fingerprint density at radius 2 is 1.90 bits per heavy atom. The fourth-order valence-corrected chi connectivity index (χ4v) is 3.25. The zero-order valence-corrected chi connectivity index (χ0v) is 16.7. The number of para-hydroxylation sites is 2. The highest BCUT2D eigenvalue weighted by Crippen LogP contribution is 2.27. The van der Waals surface area contributed by atoms with Crippen LogP contribution in [-0.2, 0) is 14.3 Å². The number of carbonyl (C=O) groups is 3. The number of nitrogens with zero attached hydrogens (tertiary/aromatic N) is 2. The summed E-state index contributed by atoms with van der Waals surface area (Å²) in [5.74, 6) is -0.648. The van der Waals surface area contributed by atoms with Crippen LogP contribution in [0, 0.1) is 5.92 Å². The molecule has 3 rings (SSSR count). The molecular weight excluding hydrogens is 388 g/mol. The van der Waals surface area contributed by atoms with Gasteiger partial charge in [0, 0.05) is 25.2 Å². The number of aromatic nitrogens is 1. The van der Waals surface area contributed by atoms with Gasteiger partial charge in [0.2, 0.25) is 5.91 Å². The summed E-state index contributed by atoms with van der Waals surface area (Å²) < 4.78 is 10.5. The van der Waals surface area contributed by atoms with Crippen molar-refractivity contribution in [1.29, 1.82) is 0 Å². The van der Waals surface area contributed by atoms with Gasteiger partial charge in [-0.15, -0.1) is 0 Å². The first-order valence-electron chi connectivity index (χ1n) is 9.59. The average Bonchev–Trinajstić information content (AvgIpc) is 2.78. The van der Waals surface area contributed by atoms with Gasteiger partial charge in [-0.3, -0.25) is 9.59 Å². The minimum absolute atomic E-state index is 0.198. The maximum absolute atomic E-state index is 12.6. The molecule has 1 aromatic heterocycles. The molecule has 9 heteroatoms. The Bertz CT molecular complexity index is 925. The standard InChI is InChI=1S/C21H24N4O5/c1-29-17-7-3-2-6-16(17)24-20-15(5-4-10-23-20)21(28)30-13-18(26)25-11-8-14(9-12-25)19(22)27/h2-7,10,14H,8-9,11-13H2,1H3,(H2,22,27)(H,23,24). The maximum Gasteiger partial charge on any atom is 0.342 e. The Morgan fingerprint density at radius 3 is 2.60 bits per heavy atom. The number of nitrogens with two attached hydrogens (primary N) is 1. The number of hydrogen-bond donors (Lipinski definition) is 2. The minimum atomic E-state index is -0.666. The topological polar surface area (TPSA) is 124 Å². The Labute approximate surface area is 174 Å². The van der Waals surface area contributed by atoms with E-state index in [2.05, 4.69) is 10.3 Å². The van der Waals surface area contributed by atoms with Crippen molar-refractivity contribution in [2.24, 2.45) is 11.7 Å². The summed E-state index contributed by atoms with van der Waals surface area (Å²) in [4.78, 5) is 41.9. The van der Waals surface area contributed by atoms with Crippen LogP contribution in [0.2, 0.25) is 0 Å². The number of nitrogens with one attached hydrogen (secondary N) is 1. The van der Waals surface area contributed by atoms with E-state index in [4.69, 9.17) is 15.2 Å². The average molecular weight is 412 g/mol. The molecule has 3 N–H and O–H groups in total. The Kier molecular flexibility index (Phi) is 6.84. The number of carbonyl (C=O) groups excluding carboxylic acids is 3. The third-order valence-corrected chi connectivity index (χ3v) is 4.96. The van der Waals surface area contributed by atoms with E-state index in [1.165, 1.54) is 0 Å². The van der Waals surface area contributed by atoms with Crippen LogP contribution in [0.15, 0.2) is 42.6 Å². The van der Waals surface area contributed by atoms with E-state index in [9.17, 15) is 14.4 Å². The largest absolute Gasteiger partial charge is 0.495 e. The molecule has 0 bridgehead atoms. The van der Waals surface area contributed by atoms with Crippen molar-refractivity contribution in [3.63, 3.8) is 0 Å². The summed E-state index contributed by atoms with van der Waals surface area (Å²) in [5, 5.41) is 3.06. The second-order valence-corrected chi connectivity index (χ2v) is 6.86. The summed E-state index contributed by atoms with van der Waals surface area (Å²) in [7, 11) is 1.55. The van der Waals surface area contributed by atoms with Crippen molar-refractivity contribution < 1.29 is 23.9 Å². The van der Waals surface area contributed by atoms with Gasteiger partial charge in [-0.25, -0.2) is 9.78 Å². The highest BCUT2D eigenvalue weighted by atomic mass is 16.5. The Morgan fingerprint density at radius 1 is 1.17 bits per heavy atom. The molecule has 0 atom stereocenters. The maximum atomic E-state index is 12.6. The number of anilines is 2. The fourth-order valence-electron chi connectivity index (χ4n) is 3.25. The lowest BCUT2D eigenvalue weighted by molar-refractivity contribution is -0.137. The highest BCUT2D eigenvalue weighted by molar-refractivity contribution is 5.96. The number of methoxy groups -OCH3 is 1. The zero-order valence-electron chi connectivity index (χ0n) is 16.7. The van der Waals surface area contributed by atoms with Crippen LogP contribution in [0.25, 0.3) is 0 Å². The molecule has 30 heavy (non-hydrogen) atoms. The molecular formula is C21H24N4O5. The molecule has 0 aliphatic carbocycles. The number of pyridine rings is 1. The van der Waals surface area contributed by atoms with Crippen LogP contribution < -0.4 is 15.8 Å². The van der Waals surface area contributed by atoms with Gasteiger partial charge >= 0.3 is 5.97 Å². The first-order chi connectivity index (χ1) is 14.5. The number of ether oxygens (including phenoxy) is 2. The molecule has 1 saturated heterocycles. The Balaban J connectivity index is 1.61. The van der Waals surface area contributed by atoms with E-state index in [1.54, 1.807) is 42.5 Å². The van der Waals surface area contributed by atoms with Crippen molar-refractivity contribution in [2.45, 2.75) is 12.8 Å². The summed E-state index contributed by atoms with van der Waals surface area (Å²) in [6.45, 7) is 0.443. The predicted molar refractivity (Wildman–Crippen MR) is 109 cm³/mol. The van der Waals surface area contributed by atoms with Crippen LogP contribution in [0.1, 0.15) is 23.2 Å². The summed E-state index contributed by atoms with van der Waals surface area (Å²) in [6.07, 6.45) is 2.58. The number of esters is 1. The molecule has 0 radical (unpaired) electrons. The summed E-state index contributed by atoms with van der Waals surface area (Å²) in [5.41, 5.74) is 6.15. The second kappa shape index (κ2) is 9.73. The lowest BCUT2D eigenvalue weighted by atomic mass is 9.96.